The van der Waals surface area contributed by atoms with Crippen LogP contribution < -0.4 is 5.32 Å². The van der Waals surface area contributed by atoms with Crippen molar-refractivity contribution in [3.8, 4) is 0 Å². The summed E-state index contributed by atoms with van der Waals surface area (Å²) in [7, 11) is 0. The summed E-state index contributed by atoms with van der Waals surface area (Å²) >= 11 is 0. The second kappa shape index (κ2) is 9.32. The topological polar surface area (TPSA) is 83.4 Å². The normalized spacial score (nSPS) is 17.7. The van der Waals surface area contributed by atoms with Gasteiger partial charge in [0.1, 0.15) is 5.82 Å². The highest BCUT2D eigenvalue weighted by Gasteiger charge is 2.27. The molecule has 2 amide bonds. The fourth-order valence-corrected chi connectivity index (χ4v) is 3.70. The van der Waals surface area contributed by atoms with E-state index in [2.05, 4.69) is 15.6 Å². The van der Waals surface area contributed by atoms with Crippen molar-refractivity contribution < 1.29 is 14.0 Å². The average molecular weight is 423 g/mol. The van der Waals surface area contributed by atoms with Gasteiger partial charge in [-0.2, -0.15) is 0 Å². The lowest BCUT2D eigenvalue weighted by molar-refractivity contribution is 0.0532. The van der Waals surface area contributed by atoms with Crippen LogP contribution in [-0.2, 0) is 0 Å². The van der Waals surface area contributed by atoms with Crippen LogP contribution >= 0.6 is 12.4 Å². The van der Waals surface area contributed by atoms with Crippen LogP contribution in [0.1, 0.15) is 39.7 Å². The Bertz CT molecular complexity index is 862. The quantitative estimate of drug-likeness (QED) is 0.807. The molecule has 0 aliphatic carbocycles. The molecule has 1 aromatic carbocycles. The molecular weight excluding hydrogens is 399 g/mol. The number of aromatic nitrogens is 3. The first kappa shape index (κ1) is 21.2. The molecule has 1 N–H and O–H groups in total. The molecule has 2 aliphatic heterocycles. The van der Waals surface area contributed by atoms with Crippen molar-refractivity contribution in [3.05, 3.63) is 47.5 Å². The Kier molecular flexibility index (Phi) is 6.81. The minimum Gasteiger partial charge on any atom is -0.335 e. The first-order chi connectivity index (χ1) is 13.6. The zero-order chi connectivity index (χ0) is 19.5. The van der Waals surface area contributed by atoms with E-state index in [-0.39, 0.29) is 30.3 Å². The number of nitrogens with one attached hydrogen (secondary N) is 1. The van der Waals surface area contributed by atoms with E-state index >= 15 is 0 Å². The number of carbonyl (C=O) groups excluding carboxylic acids is 2. The monoisotopic (exact) mass is 422 g/mol. The molecule has 2 saturated heterocycles. The van der Waals surface area contributed by atoms with Gasteiger partial charge in [0.05, 0.1) is 12.2 Å². The molecule has 2 aliphatic rings. The summed E-state index contributed by atoms with van der Waals surface area (Å²) in [4.78, 5) is 28.6. The van der Waals surface area contributed by atoms with Crippen LogP contribution in [-0.4, -0.2) is 75.9 Å². The Balaban J connectivity index is 0.00000240. The second-order valence-electron chi connectivity index (χ2n) is 7.16. The molecule has 3 heterocycles. The van der Waals surface area contributed by atoms with Gasteiger partial charge in [0.25, 0.3) is 11.8 Å². The fraction of sp³-hybridized carbons (Fsp3) is 0.474. The highest BCUT2D eigenvalue weighted by Crippen LogP contribution is 2.18. The molecule has 10 heteroatoms. The van der Waals surface area contributed by atoms with Crippen molar-refractivity contribution in [2.45, 2.75) is 18.9 Å². The summed E-state index contributed by atoms with van der Waals surface area (Å²) in [5.74, 6) is -0.821. The maximum Gasteiger partial charge on any atom is 0.276 e. The number of amides is 2. The molecule has 0 saturated carbocycles. The van der Waals surface area contributed by atoms with Gasteiger partial charge in [0.2, 0.25) is 0 Å². The zero-order valence-electron chi connectivity index (χ0n) is 16.0. The Hall–Kier alpha value is -2.52. The smallest absolute Gasteiger partial charge is 0.276 e. The van der Waals surface area contributed by atoms with Crippen molar-refractivity contribution >= 4 is 24.2 Å². The number of hydrogen-bond acceptors (Lipinski definition) is 5. The summed E-state index contributed by atoms with van der Waals surface area (Å²) < 4.78 is 15.1. The van der Waals surface area contributed by atoms with Gasteiger partial charge in [0.15, 0.2) is 5.69 Å². The molecule has 156 valence electrons. The van der Waals surface area contributed by atoms with Crippen molar-refractivity contribution in [2.75, 3.05) is 39.3 Å². The van der Waals surface area contributed by atoms with Crippen LogP contribution in [0.5, 0.6) is 0 Å². The van der Waals surface area contributed by atoms with Crippen molar-refractivity contribution in [1.82, 2.24) is 30.1 Å². The number of halogens is 2. The maximum atomic E-state index is 13.3. The molecule has 1 aromatic heterocycles. The maximum absolute atomic E-state index is 13.3. The van der Waals surface area contributed by atoms with Gasteiger partial charge in [-0.15, -0.1) is 17.5 Å². The Morgan fingerprint density at radius 3 is 2.34 bits per heavy atom. The molecular formula is C19H24ClFN6O2. The Morgan fingerprint density at radius 1 is 1.03 bits per heavy atom. The lowest BCUT2D eigenvalue weighted by Crippen LogP contribution is -2.50. The van der Waals surface area contributed by atoms with E-state index in [0.29, 0.717) is 37.4 Å². The van der Waals surface area contributed by atoms with E-state index in [0.717, 1.165) is 25.9 Å². The number of piperazine rings is 1. The Morgan fingerprint density at radius 2 is 1.69 bits per heavy atom. The van der Waals surface area contributed by atoms with E-state index < -0.39 is 5.82 Å². The molecule has 0 bridgehead atoms. The number of piperidine rings is 1. The lowest BCUT2D eigenvalue weighted by Gasteiger charge is -2.34. The van der Waals surface area contributed by atoms with Crippen molar-refractivity contribution in [3.63, 3.8) is 0 Å². The summed E-state index contributed by atoms with van der Waals surface area (Å²) in [6.07, 6.45) is 3.66. The molecule has 0 unspecified atom stereocenters. The lowest BCUT2D eigenvalue weighted by atomic mass is 10.1. The number of hydrogen-bond donors (Lipinski definition) is 1. The number of nitrogens with zero attached hydrogens (tertiary/aromatic N) is 5. The molecule has 0 spiro atoms. The van der Waals surface area contributed by atoms with Crippen LogP contribution in [0.25, 0.3) is 0 Å². The molecule has 29 heavy (non-hydrogen) atoms. The third kappa shape index (κ3) is 4.73. The molecule has 0 atom stereocenters. The first-order valence-corrected chi connectivity index (χ1v) is 9.58. The SMILES string of the molecule is Cl.O=C(c1cccc(F)c1)N1CCN(C(=O)c2cn(C3CCNCC3)nn2)CC1. The van der Waals surface area contributed by atoms with Gasteiger partial charge in [-0.05, 0) is 44.1 Å². The number of carbonyl (C=O) groups is 2. The highest BCUT2D eigenvalue weighted by molar-refractivity contribution is 5.95. The van der Waals surface area contributed by atoms with Crippen LogP contribution in [0.3, 0.4) is 0 Å². The second-order valence-corrected chi connectivity index (χ2v) is 7.16. The van der Waals surface area contributed by atoms with Crippen molar-refractivity contribution in [1.29, 1.82) is 0 Å². The molecule has 0 radical (unpaired) electrons. The number of rotatable bonds is 3. The van der Waals surface area contributed by atoms with Crippen LogP contribution in [0.15, 0.2) is 30.5 Å². The predicted octanol–water partition coefficient (Wildman–Crippen LogP) is 1.36. The van der Waals surface area contributed by atoms with E-state index in [1.807, 2.05) is 0 Å². The summed E-state index contributed by atoms with van der Waals surface area (Å²) in [6, 6.07) is 5.94. The van der Waals surface area contributed by atoms with Crippen LogP contribution in [0, 0.1) is 5.82 Å². The van der Waals surface area contributed by atoms with Gasteiger partial charge in [0, 0.05) is 31.7 Å². The van der Waals surface area contributed by atoms with Gasteiger partial charge < -0.3 is 15.1 Å². The van der Waals surface area contributed by atoms with Gasteiger partial charge >= 0.3 is 0 Å². The number of benzene rings is 1. The van der Waals surface area contributed by atoms with E-state index in [4.69, 9.17) is 0 Å². The molecule has 8 nitrogen and oxygen atoms in total. The zero-order valence-corrected chi connectivity index (χ0v) is 16.8. The summed E-state index contributed by atoms with van der Waals surface area (Å²) in [5, 5.41) is 11.5. The summed E-state index contributed by atoms with van der Waals surface area (Å²) in [5.41, 5.74) is 0.660. The van der Waals surface area contributed by atoms with Crippen LogP contribution in [0.4, 0.5) is 4.39 Å². The van der Waals surface area contributed by atoms with Crippen LogP contribution in [0.2, 0.25) is 0 Å². The molecule has 2 aromatic rings. The van der Waals surface area contributed by atoms with Gasteiger partial charge in [-0.25, -0.2) is 9.07 Å². The van der Waals surface area contributed by atoms with E-state index in [9.17, 15) is 14.0 Å². The average Bonchev–Trinajstić information content (AvgIpc) is 3.24. The summed E-state index contributed by atoms with van der Waals surface area (Å²) in [6.45, 7) is 3.53. The largest absolute Gasteiger partial charge is 0.335 e. The van der Waals surface area contributed by atoms with E-state index in [1.165, 1.54) is 18.2 Å². The van der Waals surface area contributed by atoms with E-state index in [1.54, 1.807) is 26.7 Å². The molecule has 2 fully saturated rings. The van der Waals surface area contributed by atoms with Gasteiger partial charge in [-0.3, -0.25) is 9.59 Å². The van der Waals surface area contributed by atoms with Crippen molar-refractivity contribution in [2.24, 2.45) is 0 Å². The minimum atomic E-state index is -0.434. The minimum absolute atomic E-state index is 0. The third-order valence-electron chi connectivity index (χ3n) is 5.34. The predicted molar refractivity (Wildman–Crippen MR) is 107 cm³/mol. The van der Waals surface area contributed by atoms with Gasteiger partial charge in [-0.1, -0.05) is 11.3 Å². The highest BCUT2D eigenvalue weighted by atomic mass is 35.5. The molecule has 4 rings (SSSR count). The fourth-order valence-electron chi connectivity index (χ4n) is 3.70. The standard InChI is InChI=1S/C19H23FN6O2.ClH/c20-15-3-1-2-14(12-15)18(27)24-8-10-25(11-9-24)19(28)17-13-26(23-22-17)16-4-6-21-7-5-16;/h1-3,12-13,16,21H,4-11H2;1H. The Labute approximate surface area is 174 Å². The third-order valence-corrected chi connectivity index (χ3v) is 5.34. The first-order valence-electron chi connectivity index (χ1n) is 9.58.